The molecule has 0 amide bonds. The molecule has 102 valence electrons. The molecule has 0 radical (unpaired) electrons. The molecule has 0 saturated heterocycles. The largest absolute Gasteiger partial charge is 0.491 e. The van der Waals surface area contributed by atoms with Crippen LogP contribution in [0.5, 0.6) is 5.75 Å². The van der Waals surface area contributed by atoms with Gasteiger partial charge >= 0.3 is 0 Å². The van der Waals surface area contributed by atoms with Crippen molar-refractivity contribution < 1.29 is 4.74 Å². The van der Waals surface area contributed by atoms with Crippen molar-refractivity contribution in [1.82, 2.24) is 0 Å². The first-order valence-corrected chi connectivity index (χ1v) is 7.72. The number of benzene rings is 2. The molecule has 0 aliphatic rings. The highest BCUT2D eigenvalue weighted by atomic mass is 32.1. The minimum Gasteiger partial charge on any atom is -0.491 e. The zero-order valence-electron chi connectivity index (χ0n) is 12.0. The summed E-state index contributed by atoms with van der Waals surface area (Å²) in [5, 5.41) is 1.31. The van der Waals surface area contributed by atoms with Gasteiger partial charge in [-0.25, -0.2) is 0 Å². The van der Waals surface area contributed by atoms with Gasteiger partial charge < -0.3 is 4.74 Å². The fourth-order valence-electron chi connectivity index (χ4n) is 2.38. The van der Waals surface area contributed by atoms with Gasteiger partial charge in [-0.2, -0.15) is 0 Å². The second-order valence-corrected chi connectivity index (χ2v) is 6.33. The summed E-state index contributed by atoms with van der Waals surface area (Å²) in [6.07, 6.45) is 0.200. The predicted molar refractivity (Wildman–Crippen MR) is 87.8 cm³/mol. The summed E-state index contributed by atoms with van der Waals surface area (Å²) in [6, 6.07) is 17.1. The molecule has 20 heavy (non-hydrogen) atoms. The molecule has 0 spiro atoms. The van der Waals surface area contributed by atoms with E-state index in [0.717, 1.165) is 5.75 Å². The van der Waals surface area contributed by atoms with E-state index in [0.29, 0.717) is 0 Å². The summed E-state index contributed by atoms with van der Waals surface area (Å²) in [6.45, 7) is 6.26. The van der Waals surface area contributed by atoms with E-state index in [4.69, 9.17) is 4.74 Å². The Labute approximate surface area is 123 Å². The Morgan fingerprint density at radius 3 is 2.55 bits per heavy atom. The molecular weight excluding hydrogens is 264 g/mol. The standard InChI is InChI=1S/C18H18OS/c1-12(2)19-16-9-6-8-15(13(16)3)18-11-14-7-4-5-10-17(14)20-18/h4-12H,1-3H3. The molecule has 2 aromatic carbocycles. The summed E-state index contributed by atoms with van der Waals surface area (Å²) in [5.41, 5.74) is 2.48. The average molecular weight is 282 g/mol. The van der Waals surface area contributed by atoms with E-state index in [2.05, 4.69) is 63.2 Å². The molecule has 2 heteroatoms. The SMILES string of the molecule is Cc1c(OC(C)C)cccc1-c1cc2ccccc2s1. The lowest BCUT2D eigenvalue weighted by Crippen LogP contribution is -2.06. The minimum atomic E-state index is 0.200. The van der Waals surface area contributed by atoms with E-state index in [1.54, 1.807) is 0 Å². The monoisotopic (exact) mass is 282 g/mol. The lowest BCUT2D eigenvalue weighted by molar-refractivity contribution is 0.241. The van der Waals surface area contributed by atoms with Crippen molar-refractivity contribution in [2.75, 3.05) is 0 Å². The van der Waals surface area contributed by atoms with Gasteiger partial charge in [0.05, 0.1) is 6.10 Å². The van der Waals surface area contributed by atoms with E-state index in [9.17, 15) is 0 Å². The van der Waals surface area contributed by atoms with Crippen molar-refractivity contribution in [2.24, 2.45) is 0 Å². The van der Waals surface area contributed by atoms with Crippen molar-refractivity contribution in [3.05, 3.63) is 54.1 Å². The number of hydrogen-bond donors (Lipinski definition) is 0. The second-order valence-electron chi connectivity index (χ2n) is 5.24. The Balaban J connectivity index is 2.09. The van der Waals surface area contributed by atoms with E-state index >= 15 is 0 Å². The third kappa shape index (κ3) is 2.44. The predicted octanol–water partition coefficient (Wildman–Crippen LogP) is 5.66. The van der Waals surface area contributed by atoms with Crippen LogP contribution in [0, 0.1) is 6.92 Å². The maximum atomic E-state index is 5.89. The fourth-order valence-corrected chi connectivity index (χ4v) is 3.52. The molecule has 1 nitrogen and oxygen atoms in total. The molecule has 0 bridgehead atoms. The van der Waals surface area contributed by atoms with Crippen LogP contribution in [0.25, 0.3) is 20.5 Å². The molecule has 0 unspecified atom stereocenters. The lowest BCUT2D eigenvalue weighted by Gasteiger charge is -2.14. The van der Waals surface area contributed by atoms with Gasteiger partial charge in [0.1, 0.15) is 5.75 Å². The Kier molecular flexibility index (Phi) is 3.49. The lowest BCUT2D eigenvalue weighted by atomic mass is 10.1. The number of hydrogen-bond acceptors (Lipinski definition) is 2. The van der Waals surface area contributed by atoms with Gasteiger partial charge in [-0.3, -0.25) is 0 Å². The van der Waals surface area contributed by atoms with Crippen molar-refractivity contribution in [1.29, 1.82) is 0 Å². The molecule has 1 aromatic heterocycles. The highest BCUT2D eigenvalue weighted by molar-refractivity contribution is 7.22. The first-order valence-electron chi connectivity index (χ1n) is 6.90. The summed E-state index contributed by atoms with van der Waals surface area (Å²) in [7, 11) is 0. The zero-order chi connectivity index (χ0) is 14.1. The highest BCUT2D eigenvalue weighted by Crippen LogP contribution is 2.37. The Morgan fingerprint density at radius 1 is 1.00 bits per heavy atom. The third-order valence-corrected chi connectivity index (χ3v) is 4.49. The summed E-state index contributed by atoms with van der Waals surface area (Å²) < 4.78 is 7.22. The van der Waals surface area contributed by atoms with Gasteiger partial charge in [0.25, 0.3) is 0 Å². The van der Waals surface area contributed by atoms with E-state index in [1.165, 1.54) is 26.1 Å². The number of fused-ring (bicyclic) bond motifs is 1. The van der Waals surface area contributed by atoms with Crippen molar-refractivity contribution in [3.8, 4) is 16.2 Å². The van der Waals surface area contributed by atoms with Gasteiger partial charge in [-0.15, -0.1) is 11.3 Å². The van der Waals surface area contributed by atoms with Crippen LogP contribution in [-0.4, -0.2) is 6.10 Å². The molecule has 0 fully saturated rings. The third-order valence-electron chi connectivity index (χ3n) is 3.34. The number of thiophene rings is 1. The van der Waals surface area contributed by atoms with E-state index in [1.807, 2.05) is 17.4 Å². The van der Waals surface area contributed by atoms with E-state index in [-0.39, 0.29) is 6.10 Å². The maximum absolute atomic E-state index is 5.89. The highest BCUT2D eigenvalue weighted by Gasteiger charge is 2.10. The topological polar surface area (TPSA) is 9.23 Å². The number of rotatable bonds is 3. The smallest absolute Gasteiger partial charge is 0.123 e. The van der Waals surface area contributed by atoms with Crippen LogP contribution >= 0.6 is 11.3 Å². The van der Waals surface area contributed by atoms with Gasteiger partial charge in [0.15, 0.2) is 0 Å². The Hall–Kier alpha value is -1.80. The molecule has 0 aliphatic carbocycles. The summed E-state index contributed by atoms with van der Waals surface area (Å²) >= 11 is 1.84. The quantitative estimate of drug-likeness (QED) is 0.602. The van der Waals surface area contributed by atoms with Crippen LogP contribution in [0.1, 0.15) is 19.4 Å². The van der Waals surface area contributed by atoms with Gasteiger partial charge in [-0.05, 0) is 55.5 Å². The maximum Gasteiger partial charge on any atom is 0.123 e. The van der Waals surface area contributed by atoms with Crippen LogP contribution < -0.4 is 4.74 Å². The molecule has 0 atom stereocenters. The Morgan fingerprint density at radius 2 is 1.80 bits per heavy atom. The minimum absolute atomic E-state index is 0.200. The van der Waals surface area contributed by atoms with Crippen molar-refractivity contribution in [2.45, 2.75) is 26.9 Å². The van der Waals surface area contributed by atoms with Gasteiger partial charge in [0, 0.05) is 9.58 Å². The fraction of sp³-hybridized carbons (Fsp3) is 0.222. The number of ether oxygens (including phenoxy) is 1. The van der Waals surface area contributed by atoms with Crippen molar-refractivity contribution >= 4 is 21.4 Å². The van der Waals surface area contributed by atoms with Gasteiger partial charge in [-0.1, -0.05) is 30.3 Å². The molecule has 3 rings (SSSR count). The first kappa shape index (κ1) is 13.2. The van der Waals surface area contributed by atoms with Crippen LogP contribution in [0.15, 0.2) is 48.5 Å². The van der Waals surface area contributed by atoms with Crippen LogP contribution in [0.3, 0.4) is 0 Å². The van der Waals surface area contributed by atoms with Crippen LogP contribution in [-0.2, 0) is 0 Å². The normalized spacial score (nSPS) is 11.2. The van der Waals surface area contributed by atoms with Gasteiger partial charge in [0.2, 0.25) is 0 Å². The molecule has 1 heterocycles. The molecule has 0 N–H and O–H groups in total. The van der Waals surface area contributed by atoms with Crippen LogP contribution in [0.4, 0.5) is 0 Å². The zero-order valence-corrected chi connectivity index (χ0v) is 12.8. The molecule has 3 aromatic rings. The van der Waals surface area contributed by atoms with Crippen LogP contribution in [0.2, 0.25) is 0 Å². The average Bonchev–Trinajstić information content (AvgIpc) is 2.84. The van der Waals surface area contributed by atoms with E-state index < -0.39 is 0 Å². The summed E-state index contributed by atoms with van der Waals surface area (Å²) in [5.74, 6) is 0.981. The first-order chi connectivity index (χ1) is 9.65. The Bertz CT molecular complexity index is 707. The van der Waals surface area contributed by atoms with Crippen molar-refractivity contribution in [3.63, 3.8) is 0 Å². The molecule has 0 saturated carbocycles. The second kappa shape index (κ2) is 5.29. The molecule has 0 aliphatic heterocycles. The summed E-state index contributed by atoms with van der Waals surface area (Å²) in [4.78, 5) is 1.30. The molecular formula is C18H18OS.